The minimum Gasteiger partial charge on any atom is -0.304 e. The van der Waals surface area contributed by atoms with Gasteiger partial charge in [0, 0.05) is 0 Å². The molecule has 0 aliphatic rings. The van der Waals surface area contributed by atoms with Gasteiger partial charge < -0.3 is 4.74 Å². The molecule has 0 bridgehead atoms. The van der Waals surface area contributed by atoms with Crippen LogP contribution in [0.5, 0.6) is 0 Å². The number of carbonyl (C=O) groups excluding carboxylic acids is 1. The smallest absolute Gasteiger partial charge is 0.304 e. The number of hydrogen-bond donors (Lipinski definition) is 0. The van der Waals surface area contributed by atoms with Crippen molar-refractivity contribution in [2.45, 2.75) is 30.4 Å². The Labute approximate surface area is 132 Å². The molecule has 0 heterocycles. The molecule has 4 nitrogen and oxygen atoms in total. The van der Waals surface area contributed by atoms with Gasteiger partial charge in [0.1, 0.15) is 6.61 Å². The monoisotopic (exact) mass is 430 g/mol. The lowest BCUT2D eigenvalue weighted by molar-refractivity contribution is -0.501. The molecule has 0 amide bonds. The average molecular weight is 430 g/mol. The number of alkyl halides is 11. The van der Waals surface area contributed by atoms with Crippen molar-refractivity contribution >= 4 is 6.29 Å². The molecule has 0 aromatic carbocycles. The first-order chi connectivity index (χ1) is 11.2. The molecule has 0 aromatic rings. The molecule has 1 unspecified atom stereocenters. The fourth-order valence-corrected chi connectivity index (χ4v) is 0.758. The average Bonchev–Trinajstić information content (AvgIpc) is 2.33. The van der Waals surface area contributed by atoms with Crippen LogP contribution in [0.3, 0.4) is 0 Å². The predicted octanol–water partition coefficient (Wildman–Crippen LogP) is 4.94. The van der Waals surface area contributed by atoms with E-state index in [-0.39, 0.29) is 0 Å². The van der Waals surface area contributed by atoms with Crippen LogP contribution >= 0.6 is 0 Å². The van der Waals surface area contributed by atoms with Gasteiger partial charge in [-0.05, 0) is 4.53 Å². The lowest BCUT2D eigenvalue weighted by Crippen LogP contribution is -2.57. The van der Waals surface area contributed by atoms with Gasteiger partial charge in [0.2, 0.25) is 0 Å². The SMILES string of the molecule is FOCC(F)(OC(F)(F)C(F)(F)OCC(F)(F)F)C(F)(F)F.O=C(F)F. The summed E-state index contributed by atoms with van der Waals surface area (Å²) in [5, 5.41) is 0. The Morgan fingerprint density at radius 3 is 1.38 bits per heavy atom. The summed E-state index contributed by atoms with van der Waals surface area (Å²) in [5.74, 6) is -5.78. The molecule has 0 aliphatic heterocycles. The van der Waals surface area contributed by atoms with E-state index in [0.717, 1.165) is 0 Å². The van der Waals surface area contributed by atoms with Crippen molar-refractivity contribution in [2.24, 2.45) is 0 Å². The van der Waals surface area contributed by atoms with Gasteiger partial charge in [-0.3, -0.25) is 4.74 Å². The first kappa shape index (κ1) is 26.8. The van der Waals surface area contributed by atoms with Gasteiger partial charge in [-0.1, -0.05) is 0 Å². The maximum absolute atomic E-state index is 13.0. The zero-order chi connectivity index (χ0) is 21.6. The summed E-state index contributed by atoms with van der Waals surface area (Å²) >= 11 is 0. The Morgan fingerprint density at radius 1 is 0.731 bits per heavy atom. The minimum atomic E-state index is -6.54. The van der Waals surface area contributed by atoms with Crippen molar-refractivity contribution < 1.29 is 80.8 Å². The van der Waals surface area contributed by atoms with Crippen LogP contribution in [-0.2, 0) is 14.4 Å². The Balaban J connectivity index is 0. The first-order valence-electron chi connectivity index (χ1n) is 5.21. The van der Waals surface area contributed by atoms with Gasteiger partial charge in [0.05, 0.1) is 0 Å². The molecule has 26 heavy (non-hydrogen) atoms. The summed E-state index contributed by atoms with van der Waals surface area (Å²) in [7, 11) is 0. The molecular weight excluding hydrogens is 426 g/mol. The van der Waals surface area contributed by atoms with Crippen LogP contribution in [-0.4, -0.2) is 49.9 Å². The lowest BCUT2D eigenvalue weighted by Gasteiger charge is -2.33. The topological polar surface area (TPSA) is 44.8 Å². The molecule has 0 aliphatic carbocycles. The van der Waals surface area contributed by atoms with Crippen LogP contribution in [0, 0.1) is 0 Å². The van der Waals surface area contributed by atoms with E-state index in [1.54, 1.807) is 0 Å². The van der Waals surface area contributed by atoms with E-state index in [9.17, 15) is 61.6 Å². The van der Waals surface area contributed by atoms with Crippen molar-refractivity contribution in [2.75, 3.05) is 13.2 Å². The molecule has 0 saturated carbocycles. The molecule has 158 valence electrons. The Bertz CT molecular complexity index is 441. The highest BCUT2D eigenvalue weighted by atomic mass is 19.4. The van der Waals surface area contributed by atoms with E-state index in [2.05, 4.69) is 14.4 Å². The van der Waals surface area contributed by atoms with Crippen molar-refractivity contribution in [3.05, 3.63) is 0 Å². The maximum Gasteiger partial charge on any atom is 0.483 e. The number of hydrogen-bond acceptors (Lipinski definition) is 4. The number of carbonyl (C=O) groups is 1. The highest BCUT2D eigenvalue weighted by molar-refractivity contribution is 5.55. The highest BCUT2D eigenvalue weighted by Crippen LogP contribution is 2.45. The van der Waals surface area contributed by atoms with Crippen LogP contribution in [0.25, 0.3) is 0 Å². The van der Waals surface area contributed by atoms with Crippen molar-refractivity contribution in [1.29, 1.82) is 0 Å². The zero-order valence-corrected chi connectivity index (χ0v) is 11.3. The second-order valence-electron chi connectivity index (χ2n) is 3.74. The Morgan fingerprint density at radius 2 is 1.12 bits per heavy atom. The summed E-state index contributed by atoms with van der Waals surface area (Å²) < 4.78 is 170. The van der Waals surface area contributed by atoms with Gasteiger partial charge in [-0.15, -0.1) is 8.78 Å². The molecule has 0 aromatic heterocycles. The van der Waals surface area contributed by atoms with Crippen molar-refractivity contribution in [1.82, 2.24) is 0 Å². The molecular formula is C8H4F14O4. The molecule has 0 fully saturated rings. The summed E-state index contributed by atoms with van der Waals surface area (Å²) in [5.41, 5.74) is 0. The number of ether oxygens (including phenoxy) is 2. The van der Waals surface area contributed by atoms with E-state index in [1.807, 2.05) is 0 Å². The second kappa shape index (κ2) is 8.98. The summed E-state index contributed by atoms with van der Waals surface area (Å²) in [6.45, 7) is -5.95. The van der Waals surface area contributed by atoms with Crippen molar-refractivity contribution in [3.8, 4) is 0 Å². The second-order valence-corrected chi connectivity index (χ2v) is 3.74. The van der Waals surface area contributed by atoms with E-state index in [1.165, 1.54) is 0 Å². The lowest BCUT2D eigenvalue weighted by atomic mass is 10.3. The fourth-order valence-electron chi connectivity index (χ4n) is 0.758. The van der Waals surface area contributed by atoms with E-state index >= 15 is 0 Å². The third kappa shape index (κ3) is 9.32. The number of halogens is 14. The summed E-state index contributed by atoms with van der Waals surface area (Å²) in [6, 6.07) is 0. The van der Waals surface area contributed by atoms with Gasteiger partial charge in [-0.25, -0.2) is 4.79 Å². The van der Waals surface area contributed by atoms with Gasteiger partial charge in [0.25, 0.3) is 0 Å². The molecule has 18 heteroatoms. The molecule has 0 saturated heterocycles. The normalized spacial score (nSPS) is 15.8. The fraction of sp³-hybridized carbons (Fsp3) is 0.875. The van der Waals surface area contributed by atoms with E-state index in [4.69, 9.17) is 4.79 Å². The third-order valence-corrected chi connectivity index (χ3v) is 1.71. The molecule has 0 spiro atoms. The van der Waals surface area contributed by atoms with Gasteiger partial charge in [-0.2, -0.15) is 53.2 Å². The van der Waals surface area contributed by atoms with Crippen LogP contribution in [0.2, 0.25) is 0 Å². The molecule has 0 N–H and O–H groups in total. The Kier molecular flexibility index (Phi) is 9.25. The number of rotatable bonds is 7. The predicted molar refractivity (Wildman–Crippen MR) is 47.6 cm³/mol. The summed E-state index contributed by atoms with van der Waals surface area (Å²) in [4.78, 5) is 10.2. The zero-order valence-electron chi connectivity index (χ0n) is 11.3. The quantitative estimate of drug-likeness (QED) is 0.424. The Hall–Kier alpha value is -1.43. The first-order valence-corrected chi connectivity index (χ1v) is 5.21. The van der Waals surface area contributed by atoms with Crippen LogP contribution in [0.4, 0.5) is 66.4 Å². The minimum absolute atomic E-state index is 2.09. The highest BCUT2D eigenvalue weighted by Gasteiger charge is 2.70. The van der Waals surface area contributed by atoms with Gasteiger partial charge in [0.15, 0.2) is 6.61 Å². The van der Waals surface area contributed by atoms with Crippen LogP contribution in [0.1, 0.15) is 0 Å². The molecule has 1 atom stereocenters. The van der Waals surface area contributed by atoms with Gasteiger partial charge >= 0.3 is 36.7 Å². The largest absolute Gasteiger partial charge is 0.483 e. The maximum atomic E-state index is 13.0. The van der Waals surface area contributed by atoms with E-state index < -0.39 is 49.9 Å². The van der Waals surface area contributed by atoms with Crippen LogP contribution < -0.4 is 0 Å². The molecule has 0 rings (SSSR count). The van der Waals surface area contributed by atoms with Crippen molar-refractivity contribution in [3.63, 3.8) is 0 Å². The third-order valence-electron chi connectivity index (χ3n) is 1.71. The standard InChI is InChI=1S/C7H4F12O3.CF2O/c8-3(1-21-19,5(12,13)14)22-7(17,18)6(15,16)20-2-4(9,10)11;2-1(3)4/h1-2H2;. The molecule has 0 radical (unpaired) electrons. The summed E-state index contributed by atoms with van der Waals surface area (Å²) in [6.07, 6.45) is -27.7. The van der Waals surface area contributed by atoms with Crippen LogP contribution in [0.15, 0.2) is 0 Å². The van der Waals surface area contributed by atoms with E-state index in [0.29, 0.717) is 0 Å².